The molecule has 0 saturated carbocycles. The van der Waals surface area contributed by atoms with Gasteiger partial charge in [0.1, 0.15) is 0 Å². The maximum absolute atomic E-state index is 11.1. The van der Waals surface area contributed by atoms with Gasteiger partial charge in [0.15, 0.2) is 0 Å². The summed E-state index contributed by atoms with van der Waals surface area (Å²) in [6.45, 7) is 0. The van der Waals surface area contributed by atoms with Gasteiger partial charge in [0.05, 0.1) is 11.0 Å². The second-order valence-electron chi connectivity index (χ2n) is 3.20. The summed E-state index contributed by atoms with van der Waals surface area (Å²) in [6.07, 6.45) is 3.98. The van der Waals surface area contributed by atoms with E-state index >= 15 is 0 Å². The van der Waals surface area contributed by atoms with E-state index < -0.39 is 5.97 Å². The lowest BCUT2D eigenvalue weighted by atomic mass is 10.2. The van der Waals surface area contributed by atoms with Gasteiger partial charge in [-0.15, -0.1) is 0 Å². The molecule has 0 bridgehead atoms. The van der Waals surface area contributed by atoms with Gasteiger partial charge >= 0.3 is 5.97 Å². The Labute approximate surface area is 90.1 Å². The minimum Gasteiger partial charge on any atom is -0.478 e. The normalized spacial score (nSPS) is 11.0. The number of fused-ring (bicyclic) bond motifs is 1. The van der Waals surface area contributed by atoms with Crippen LogP contribution in [0, 0.1) is 0 Å². The number of aromatic amines is 1. The zero-order valence-electron chi connectivity index (χ0n) is 8.18. The number of aromatic nitrogens is 2. The minimum absolute atomic E-state index is 0.214. The molecule has 0 aliphatic carbocycles. The first kappa shape index (κ1) is 10.1. The van der Waals surface area contributed by atoms with Crippen LogP contribution in [0.5, 0.6) is 0 Å². The third-order valence-electron chi connectivity index (χ3n) is 2.01. The van der Waals surface area contributed by atoms with E-state index in [4.69, 9.17) is 5.11 Å². The summed E-state index contributed by atoms with van der Waals surface area (Å²) in [5, 5.41) is 8.47. The average Bonchev–Trinajstić information content (AvgIpc) is 2.25. The fraction of sp³-hybridized carbons (Fsp3) is 0. The van der Waals surface area contributed by atoms with E-state index in [1.165, 1.54) is 12.1 Å². The van der Waals surface area contributed by atoms with Crippen LogP contribution in [0.2, 0.25) is 0 Å². The Kier molecular flexibility index (Phi) is 2.51. The highest BCUT2D eigenvalue weighted by Gasteiger charge is 1.97. The largest absolute Gasteiger partial charge is 0.478 e. The number of carbonyl (C=O) groups is 1. The predicted molar refractivity (Wildman–Crippen MR) is 59.0 cm³/mol. The van der Waals surface area contributed by atoms with Crippen LogP contribution < -0.4 is 5.56 Å². The molecule has 2 N–H and O–H groups in total. The standard InChI is InChI=1S/C11H8N2O3/c14-10-3-2-8-9(13-10)5-7(6-12-8)1-4-11(15)16/h1-6H,(H,13,14)(H,15,16)/b4-1+. The molecule has 2 aromatic rings. The molecule has 0 radical (unpaired) electrons. The molecule has 0 amide bonds. The van der Waals surface area contributed by atoms with Crippen molar-refractivity contribution in [2.45, 2.75) is 0 Å². The fourth-order valence-electron chi connectivity index (χ4n) is 1.31. The molecule has 80 valence electrons. The summed E-state index contributed by atoms with van der Waals surface area (Å²) in [5.41, 5.74) is 1.65. The molecule has 0 unspecified atom stereocenters. The highest BCUT2D eigenvalue weighted by atomic mass is 16.4. The van der Waals surface area contributed by atoms with Gasteiger partial charge in [-0.1, -0.05) is 0 Å². The summed E-state index contributed by atoms with van der Waals surface area (Å²) in [7, 11) is 0. The highest BCUT2D eigenvalue weighted by Crippen LogP contribution is 2.09. The summed E-state index contributed by atoms with van der Waals surface area (Å²) in [5.74, 6) is -1.03. The smallest absolute Gasteiger partial charge is 0.328 e. The van der Waals surface area contributed by atoms with Crippen molar-refractivity contribution < 1.29 is 9.90 Å². The van der Waals surface area contributed by atoms with Crippen molar-refractivity contribution in [3.63, 3.8) is 0 Å². The molecular weight excluding hydrogens is 208 g/mol. The van der Waals surface area contributed by atoms with E-state index in [2.05, 4.69) is 9.97 Å². The Morgan fingerprint density at radius 1 is 1.44 bits per heavy atom. The fourth-order valence-corrected chi connectivity index (χ4v) is 1.31. The number of nitrogens with one attached hydrogen (secondary N) is 1. The number of H-pyrrole nitrogens is 1. The molecule has 5 nitrogen and oxygen atoms in total. The first-order valence-electron chi connectivity index (χ1n) is 4.55. The van der Waals surface area contributed by atoms with Crippen LogP contribution in [-0.4, -0.2) is 21.0 Å². The summed E-state index contributed by atoms with van der Waals surface area (Å²) in [4.78, 5) is 28.1. The molecule has 5 heteroatoms. The highest BCUT2D eigenvalue weighted by molar-refractivity contribution is 5.86. The summed E-state index contributed by atoms with van der Waals surface area (Å²) < 4.78 is 0. The molecule has 2 rings (SSSR count). The van der Waals surface area contributed by atoms with Crippen LogP contribution in [0.25, 0.3) is 17.1 Å². The van der Waals surface area contributed by atoms with Gasteiger partial charge in [-0.25, -0.2) is 4.79 Å². The minimum atomic E-state index is -1.03. The van der Waals surface area contributed by atoms with Crippen molar-refractivity contribution in [2.24, 2.45) is 0 Å². The second-order valence-corrected chi connectivity index (χ2v) is 3.20. The first-order valence-corrected chi connectivity index (χ1v) is 4.55. The van der Waals surface area contributed by atoms with E-state index in [1.54, 1.807) is 18.3 Å². The molecule has 0 aliphatic rings. The van der Waals surface area contributed by atoms with Gasteiger partial charge in [-0.2, -0.15) is 0 Å². The molecule has 0 aromatic carbocycles. The van der Waals surface area contributed by atoms with Crippen LogP contribution in [0.1, 0.15) is 5.56 Å². The number of carboxylic acid groups (broad SMARTS) is 1. The number of pyridine rings is 2. The number of rotatable bonds is 2. The topological polar surface area (TPSA) is 83.0 Å². The molecule has 0 spiro atoms. The van der Waals surface area contributed by atoms with Crippen LogP contribution >= 0.6 is 0 Å². The maximum Gasteiger partial charge on any atom is 0.328 e. The maximum atomic E-state index is 11.1. The van der Waals surface area contributed by atoms with Crippen molar-refractivity contribution in [2.75, 3.05) is 0 Å². The van der Waals surface area contributed by atoms with E-state index in [0.717, 1.165) is 6.08 Å². The SMILES string of the molecule is O=C(O)/C=C/c1cnc2ccc(=O)[nH]c2c1. The molecule has 0 atom stereocenters. The second kappa shape index (κ2) is 3.98. The van der Waals surface area contributed by atoms with Crippen LogP contribution in [-0.2, 0) is 4.79 Å². The molecule has 2 aromatic heterocycles. The quantitative estimate of drug-likeness (QED) is 0.734. The Bertz CT molecular complexity index is 628. The van der Waals surface area contributed by atoms with Crippen molar-refractivity contribution in [1.29, 1.82) is 0 Å². The number of carboxylic acids is 1. The van der Waals surface area contributed by atoms with Crippen molar-refractivity contribution >= 4 is 23.1 Å². The summed E-state index contributed by atoms with van der Waals surface area (Å²) in [6, 6.07) is 4.67. The number of aliphatic carboxylic acids is 1. The molecule has 16 heavy (non-hydrogen) atoms. The Morgan fingerprint density at radius 2 is 2.25 bits per heavy atom. The Morgan fingerprint density at radius 3 is 3.00 bits per heavy atom. The lowest BCUT2D eigenvalue weighted by molar-refractivity contribution is -0.131. The van der Waals surface area contributed by atoms with E-state index in [9.17, 15) is 9.59 Å². The lowest BCUT2D eigenvalue weighted by Crippen LogP contribution is -2.02. The Hall–Kier alpha value is -2.43. The van der Waals surface area contributed by atoms with E-state index in [1.807, 2.05) is 0 Å². The average molecular weight is 216 g/mol. The zero-order chi connectivity index (χ0) is 11.5. The van der Waals surface area contributed by atoms with Crippen molar-refractivity contribution in [3.05, 3.63) is 46.4 Å². The molecule has 0 saturated heterocycles. The van der Waals surface area contributed by atoms with E-state index in [0.29, 0.717) is 16.6 Å². The van der Waals surface area contributed by atoms with Gasteiger partial charge in [0, 0.05) is 18.3 Å². The third-order valence-corrected chi connectivity index (χ3v) is 2.01. The van der Waals surface area contributed by atoms with Crippen molar-refractivity contribution in [3.8, 4) is 0 Å². The van der Waals surface area contributed by atoms with Crippen LogP contribution in [0.15, 0.2) is 35.3 Å². The molecule has 0 fully saturated rings. The van der Waals surface area contributed by atoms with Crippen molar-refractivity contribution in [1.82, 2.24) is 9.97 Å². The van der Waals surface area contributed by atoms with Crippen LogP contribution in [0.4, 0.5) is 0 Å². The third kappa shape index (κ3) is 2.14. The number of hydrogen-bond acceptors (Lipinski definition) is 3. The summed E-state index contributed by atoms with van der Waals surface area (Å²) >= 11 is 0. The molecular formula is C11H8N2O3. The lowest BCUT2D eigenvalue weighted by Gasteiger charge is -1.97. The van der Waals surface area contributed by atoms with Gasteiger partial charge in [-0.3, -0.25) is 9.78 Å². The zero-order valence-corrected chi connectivity index (χ0v) is 8.18. The Balaban J connectivity index is 2.50. The molecule has 2 heterocycles. The van der Waals surface area contributed by atoms with Gasteiger partial charge in [0.25, 0.3) is 0 Å². The van der Waals surface area contributed by atoms with Crippen LogP contribution in [0.3, 0.4) is 0 Å². The van der Waals surface area contributed by atoms with E-state index in [-0.39, 0.29) is 5.56 Å². The number of nitrogens with zero attached hydrogens (tertiary/aromatic N) is 1. The van der Waals surface area contributed by atoms with Gasteiger partial charge in [-0.05, 0) is 23.8 Å². The first-order chi connectivity index (χ1) is 7.65. The monoisotopic (exact) mass is 216 g/mol. The molecule has 0 aliphatic heterocycles. The van der Waals surface area contributed by atoms with Gasteiger partial charge < -0.3 is 10.1 Å². The predicted octanol–water partition coefficient (Wildman–Crippen LogP) is 1.02. The van der Waals surface area contributed by atoms with Gasteiger partial charge in [0.2, 0.25) is 5.56 Å². The number of hydrogen-bond donors (Lipinski definition) is 2.